The van der Waals surface area contributed by atoms with Gasteiger partial charge in [-0.2, -0.15) is 0 Å². The Balaban J connectivity index is 0.00000312. The van der Waals surface area contributed by atoms with Gasteiger partial charge in [-0.1, -0.05) is 0 Å². The van der Waals surface area contributed by atoms with Crippen LogP contribution < -0.4 is 10.5 Å². The monoisotopic (exact) mass is 369 g/mol. The molecule has 1 aromatic rings. The Morgan fingerprint density at radius 2 is 1.84 bits per heavy atom. The highest BCUT2D eigenvalue weighted by Gasteiger charge is 2.20. The minimum Gasteiger partial charge on any atom is -0.465 e. The van der Waals surface area contributed by atoms with E-state index >= 15 is 0 Å². The van der Waals surface area contributed by atoms with Crippen molar-refractivity contribution >= 4 is 30.3 Å². The van der Waals surface area contributed by atoms with E-state index in [1.165, 1.54) is 7.11 Å². The standard InChI is InChI=1S/C17H23N3O4.ClH/c1-23-16(22)13-3-5-14(6-4-13)24-15(21)7-2-12-8-10-20(11-9-12)17(18)19;/h3-6,12H,2,7-11H2,1H3,(H3,18,19);1H. The van der Waals surface area contributed by atoms with Crippen LogP contribution in [0.4, 0.5) is 0 Å². The number of nitrogens with one attached hydrogen (secondary N) is 1. The number of nitrogens with zero attached hydrogens (tertiary/aromatic N) is 1. The lowest BCUT2D eigenvalue weighted by molar-refractivity contribution is -0.134. The lowest BCUT2D eigenvalue weighted by Crippen LogP contribution is -2.42. The van der Waals surface area contributed by atoms with E-state index in [0.717, 1.165) is 32.4 Å². The number of piperidine rings is 1. The number of hydrogen-bond acceptors (Lipinski definition) is 5. The number of guanidine groups is 1. The van der Waals surface area contributed by atoms with E-state index in [-0.39, 0.29) is 24.3 Å². The maximum Gasteiger partial charge on any atom is 0.337 e. The number of carbonyl (C=O) groups excluding carboxylic acids is 2. The first kappa shape index (κ1) is 20.8. The molecule has 8 heteroatoms. The molecule has 1 heterocycles. The maximum atomic E-state index is 11.9. The van der Waals surface area contributed by atoms with E-state index < -0.39 is 5.97 Å². The molecule has 0 unspecified atom stereocenters. The van der Waals surface area contributed by atoms with Crippen LogP contribution in [-0.2, 0) is 9.53 Å². The summed E-state index contributed by atoms with van der Waals surface area (Å²) in [6.45, 7) is 1.54. The van der Waals surface area contributed by atoms with Crippen LogP contribution in [0.3, 0.4) is 0 Å². The van der Waals surface area contributed by atoms with Crippen molar-refractivity contribution < 1.29 is 19.1 Å². The highest BCUT2D eigenvalue weighted by molar-refractivity contribution is 5.89. The van der Waals surface area contributed by atoms with Crippen LogP contribution in [-0.4, -0.2) is 43.0 Å². The molecule has 0 saturated carbocycles. The minimum atomic E-state index is -0.426. The molecular weight excluding hydrogens is 346 g/mol. The summed E-state index contributed by atoms with van der Waals surface area (Å²) in [6, 6.07) is 6.28. The highest BCUT2D eigenvalue weighted by atomic mass is 35.5. The first-order valence-electron chi connectivity index (χ1n) is 7.97. The number of halogens is 1. The summed E-state index contributed by atoms with van der Waals surface area (Å²) in [5, 5.41) is 7.40. The molecule has 0 aromatic heterocycles. The molecule has 0 radical (unpaired) electrons. The van der Waals surface area contributed by atoms with Crippen LogP contribution in [0.1, 0.15) is 36.0 Å². The van der Waals surface area contributed by atoms with Gasteiger partial charge in [0.15, 0.2) is 5.96 Å². The second-order valence-corrected chi connectivity index (χ2v) is 5.84. The summed E-state index contributed by atoms with van der Waals surface area (Å²) < 4.78 is 9.89. The lowest BCUT2D eigenvalue weighted by Gasteiger charge is -2.31. The summed E-state index contributed by atoms with van der Waals surface area (Å²) in [5.74, 6) is 0.275. The smallest absolute Gasteiger partial charge is 0.337 e. The topological polar surface area (TPSA) is 106 Å². The van der Waals surface area contributed by atoms with Crippen LogP contribution in [0.15, 0.2) is 24.3 Å². The van der Waals surface area contributed by atoms with Gasteiger partial charge in [-0.25, -0.2) is 4.79 Å². The molecule has 1 aliphatic rings. The van der Waals surface area contributed by atoms with Gasteiger partial charge >= 0.3 is 11.9 Å². The Kier molecular flexibility index (Phi) is 8.21. The van der Waals surface area contributed by atoms with Crippen LogP contribution in [0.2, 0.25) is 0 Å². The number of hydrogen-bond donors (Lipinski definition) is 2. The lowest BCUT2D eigenvalue weighted by atomic mass is 9.92. The van der Waals surface area contributed by atoms with Gasteiger partial charge in [-0.15, -0.1) is 12.4 Å². The van der Waals surface area contributed by atoms with E-state index in [2.05, 4.69) is 4.74 Å². The Hall–Kier alpha value is -2.28. The number of benzene rings is 1. The van der Waals surface area contributed by atoms with Crippen molar-refractivity contribution in [3.8, 4) is 5.75 Å². The Morgan fingerprint density at radius 1 is 1.24 bits per heavy atom. The van der Waals surface area contributed by atoms with E-state index in [9.17, 15) is 9.59 Å². The first-order chi connectivity index (χ1) is 11.5. The Bertz CT molecular complexity index is 598. The molecule has 1 fully saturated rings. The fraction of sp³-hybridized carbons (Fsp3) is 0.471. The van der Waals surface area contributed by atoms with Crippen LogP contribution >= 0.6 is 12.4 Å². The van der Waals surface area contributed by atoms with Crippen molar-refractivity contribution in [2.45, 2.75) is 25.7 Å². The van der Waals surface area contributed by atoms with Gasteiger partial charge in [0.2, 0.25) is 0 Å². The van der Waals surface area contributed by atoms with Crippen molar-refractivity contribution in [1.82, 2.24) is 4.90 Å². The summed E-state index contributed by atoms with van der Waals surface area (Å²) in [4.78, 5) is 25.1. The summed E-state index contributed by atoms with van der Waals surface area (Å²) in [7, 11) is 1.32. The van der Waals surface area contributed by atoms with Gasteiger partial charge in [-0.3, -0.25) is 10.2 Å². The Labute approximate surface area is 153 Å². The molecule has 138 valence electrons. The summed E-state index contributed by atoms with van der Waals surface area (Å²) in [5.41, 5.74) is 5.88. The van der Waals surface area contributed by atoms with E-state index in [4.69, 9.17) is 15.9 Å². The molecule has 0 amide bonds. The van der Waals surface area contributed by atoms with E-state index in [1.807, 2.05) is 4.90 Å². The van der Waals surface area contributed by atoms with Gasteiger partial charge in [0.1, 0.15) is 5.75 Å². The predicted octanol–water partition coefficient (Wildman–Crippen LogP) is 2.19. The molecule has 1 saturated heterocycles. The zero-order valence-corrected chi connectivity index (χ0v) is 15.0. The van der Waals surface area contributed by atoms with E-state index in [0.29, 0.717) is 23.7 Å². The number of likely N-dealkylation sites (tertiary alicyclic amines) is 1. The molecule has 0 spiro atoms. The fourth-order valence-corrected chi connectivity index (χ4v) is 2.74. The normalized spacial score (nSPS) is 14.4. The molecule has 0 bridgehead atoms. The molecule has 1 aliphatic heterocycles. The molecule has 25 heavy (non-hydrogen) atoms. The van der Waals surface area contributed by atoms with E-state index in [1.54, 1.807) is 24.3 Å². The predicted molar refractivity (Wildman–Crippen MR) is 96.1 cm³/mol. The van der Waals surface area contributed by atoms with Crippen LogP contribution in [0.5, 0.6) is 5.75 Å². The maximum absolute atomic E-state index is 11.9. The van der Waals surface area contributed by atoms with Gasteiger partial charge in [0.05, 0.1) is 12.7 Å². The first-order valence-corrected chi connectivity index (χ1v) is 7.97. The summed E-state index contributed by atoms with van der Waals surface area (Å²) in [6.07, 6.45) is 2.98. The largest absolute Gasteiger partial charge is 0.465 e. The average Bonchev–Trinajstić information content (AvgIpc) is 2.60. The zero-order chi connectivity index (χ0) is 17.5. The molecule has 7 nitrogen and oxygen atoms in total. The highest BCUT2D eigenvalue weighted by Crippen LogP contribution is 2.22. The second kappa shape index (κ2) is 9.88. The Morgan fingerprint density at radius 3 is 2.36 bits per heavy atom. The molecule has 1 aromatic carbocycles. The van der Waals surface area contributed by atoms with Crippen molar-refractivity contribution in [2.24, 2.45) is 11.7 Å². The zero-order valence-electron chi connectivity index (χ0n) is 14.2. The van der Waals surface area contributed by atoms with Gasteiger partial charge < -0.3 is 20.1 Å². The molecule has 2 rings (SSSR count). The van der Waals surface area contributed by atoms with Crippen molar-refractivity contribution in [3.63, 3.8) is 0 Å². The van der Waals surface area contributed by atoms with Crippen molar-refractivity contribution in [3.05, 3.63) is 29.8 Å². The quantitative estimate of drug-likeness (QED) is 0.356. The minimum absolute atomic E-state index is 0. The van der Waals surface area contributed by atoms with Gasteiger partial charge in [0, 0.05) is 19.5 Å². The molecule has 0 aliphatic carbocycles. The van der Waals surface area contributed by atoms with Crippen LogP contribution in [0.25, 0.3) is 0 Å². The third kappa shape index (κ3) is 6.26. The van der Waals surface area contributed by atoms with Crippen molar-refractivity contribution in [2.75, 3.05) is 20.2 Å². The average molecular weight is 370 g/mol. The van der Waals surface area contributed by atoms with Crippen molar-refractivity contribution in [1.29, 1.82) is 5.41 Å². The number of methoxy groups -OCH3 is 1. The van der Waals surface area contributed by atoms with Crippen LogP contribution in [0, 0.1) is 11.3 Å². The van der Waals surface area contributed by atoms with Gasteiger partial charge in [0.25, 0.3) is 0 Å². The van der Waals surface area contributed by atoms with Gasteiger partial charge in [-0.05, 0) is 49.4 Å². The SMILES string of the molecule is COC(=O)c1ccc(OC(=O)CCC2CCN(C(=N)N)CC2)cc1.Cl. The third-order valence-electron chi connectivity index (χ3n) is 4.22. The fourth-order valence-electron chi connectivity index (χ4n) is 2.74. The molecule has 3 N–H and O–H groups in total. The summed E-state index contributed by atoms with van der Waals surface area (Å²) >= 11 is 0. The number of carbonyl (C=O) groups is 2. The molecular formula is C17H24ClN3O4. The number of esters is 2. The number of rotatable bonds is 5. The number of ether oxygens (including phenoxy) is 2. The second-order valence-electron chi connectivity index (χ2n) is 5.84. The molecule has 0 atom stereocenters. The number of nitrogens with two attached hydrogens (primary N) is 1. The third-order valence-corrected chi connectivity index (χ3v) is 4.22.